The van der Waals surface area contributed by atoms with E-state index in [2.05, 4.69) is 5.32 Å². The van der Waals surface area contributed by atoms with Gasteiger partial charge < -0.3 is 19.9 Å². The molecular formula is C22H27Cl2NO4. The van der Waals surface area contributed by atoms with E-state index in [1.807, 2.05) is 45.0 Å². The van der Waals surface area contributed by atoms with Crippen molar-refractivity contribution in [3.8, 4) is 11.5 Å². The topological polar surface area (TPSA) is 67.8 Å². The molecule has 0 saturated heterocycles. The summed E-state index contributed by atoms with van der Waals surface area (Å²) in [4.78, 5) is 11.5. The highest BCUT2D eigenvalue weighted by molar-refractivity contribution is 6.32. The maximum atomic E-state index is 11.5. The van der Waals surface area contributed by atoms with E-state index in [4.69, 9.17) is 32.7 Å². The van der Waals surface area contributed by atoms with Crippen LogP contribution in [0.5, 0.6) is 11.5 Å². The van der Waals surface area contributed by atoms with Crippen LogP contribution in [0.15, 0.2) is 36.4 Å². The van der Waals surface area contributed by atoms with Gasteiger partial charge in [0.25, 0.3) is 0 Å². The Balaban J connectivity index is 2.16. The summed E-state index contributed by atoms with van der Waals surface area (Å²) < 4.78 is 11.6. The first-order valence-electron chi connectivity index (χ1n) is 9.59. The largest absolute Gasteiger partial charge is 0.490 e. The van der Waals surface area contributed by atoms with Gasteiger partial charge in [0.1, 0.15) is 12.6 Å². The molecule has 1 unspecified atom stereocenters. The molecule has 0 aromatic heterocycles. The number of aliphatic carboxylic acids is 1. The third kappa shape index (κ3) is 7.11. The van der Waals surface area contributed by atoms with E-state index in [9.17, 15) is 9.90 Å². The molecule has 2 aromatic carbocycles. The smallest absolute Gasteiger partial charge is 0.320 e. The van der Waals surface area contributed by atoms with Gasteiger partial charge in [-0.25, -0.2) is 0 Å². The number of halogens is 2. The molecule has 0 amide bonds. The van der Waals surface area contributed by atoms with E-state index >= 15 is 0 Å². The second-order valence-electron chi connectivity index (χ2n) is 7.12. The number of carboxylic acids is 1. The molecule has 0 aliphatic heterocycles. The molecule has 0 radical (unpaired) electrons. The van der Waals surface area contributed by atoms with Gasteiger partial charge in [0, 0.05) is 17.1 Å². The minimum absolute atomic E-state index is 0.256. The molecule has 2 rings (SSSR count). The Kier molecular flexibility index (Phi) is 9.08. The van der Waals surface area contributed by atoms with Crippen molar-refractivity contribution in [2.45, 2.75) is 46.4 Å². The maximum Gasteiger partial charge on any atom is 0.320 e. The fraction of sp³-hybridized carbons (Fsp3) is 0.409. The first kappa shape index (κ1) is 23.3. The zero-order valence-electron chi connectivity index (χ0n) is 16.9. The first-order valence-corrected chi connectivity index (χ1v) is 10.3. The molecule has 158 valence electrons. The van der Waals surface area contributed by atoms with Crippen LogP contribution in [0.2, 0.25) is 10.0 Å². The minimum Gasteiger partial charge on any atom is -0.490 e. The summed E-state index contributed by atoms with van der Waals surface area (Å²) in [5.74, 6) is 0.357. The molecule has 5 nitrogen and oxygen atoms in total. The SMILES string of the molecule is CCOc1cc(CNC(CC(C)C)C(=O)O)cc(Cl)c1OCc1ccccc1Cl. The molecule has 0 saturated carbocycles. The van der Waals surface area contributed by atoms with Crippen LogP contribution in [0.25, 0.3) is 0 Å². The van der Waals surface area contributed by atoms with E-state index in [1.54, 1.807) is 12.1 Å². The third-order valence-electron chi connectivity index (χ3n) is 4.26. The highest BCUT2D eigenvalue weighted by Gasteiger charge is 2.19. The van der Waals surface area contributed by atoms with Crippen LogP contribution in [0.3, 0.4) is 0 Å². The lowest BCUT2D eigenvalue weighted by molar-refractivity contribution is -0.140. The van der Waals surface area contributed by atoms with Crippen molar-refractivity contribution < 1.29 is 19.4 Å². The third-order valence-corrected chi connectivity index (χ3v) is 4.91. The predicted molar refractivity (Wildman–Crippen MR) is 116 cm³/mol. The second kappa shape index (κ2) is 11.3. The molecule has 2 aromatic rings. The molecule has 0 heterocycles. The standard InChI is InChI=1S/C22H27Cl2NO4/c1-4-28-20-11-15(12-25-19(22(26)27)9-14(2)3)10-18(24)21(20)29-13-16-7-5-6-8-17(16)23/h5-8,10-11,14,19,25H,4,9,12-13H2,1-3H3,(H,26,27). The normalized spacial score (nSPS) is 12.1. The average Bonchev–Trinajstić information content (AvgIpc) is 2.65. The van der Waals surface area contributed by atoms with Crippen molar-refractivity contribution in [3.05, 3.63) is 57.6 Å². The lowest BCUT2D eigenvalue weighted by Crippen LogP contribution is -2.37. The van der Waals surface area contributed by atoms with Crippen molar-refractivity contribution >= 4 is 29.2 Å². The van der Waals surface area contributed by atoms with Crippen molar-refractivity contribution in [1.82, 2.24) is 5.32 Å². The van der Waals surface area contributed by atoms with Gasteiger partial charge >= 0.3 is 5.97 Å². The van der Waals surface area contributed by atoms with Gasteiger partial charge in [-0.1, -0.05) is 55.2 Å². The van der Waals surface area contributed by atoms with Crippen molar-refractivity contribution in [1.29, 1.82) is 0 Å². The molecule has 7 heteroatoms. The van der Waals surface area contributed by atoms with Gasteiger partial charge in [0.2, 0.25) is 0 Å². The van der Waals surface area contributed by atoms with Crippen molar-refractivity contribution in [3.63, 3.8) is 0 Å². The average molecular weight is 440 g/mol. The van der Waals surface area contributed by atoms with E-state index in [-0.39, 0.29) is 12.5 Å². The Bertz CT molecular complexity index is 826. The minimum atomic E-state index is -0.866. The number of hydrogen-bond acceptors (Lipinski definition) is 4. The van der Waals surface area contributed by atoms with Gasteiger partial charge in [0.15, 0.2) is 11.5 Å². The fourth-order valence-corrected chi connectivity index (χ4v) is 3.35. The van der Waals surface area contributed by atoms with Crippen LogP contribution >= 0.6 is 23.2 Å². The van der Waals surface area contributed by atoms with Gasteiger partial charge in [-0.2, -0.15) is 0 Å². The monoisotopic (exact) mass is 439 g/mol. The number of nitrogens with one attached hydrogen (secondary N) is 1. The summed E-state index contributed by atoms with van der Waals surface area (Å²) in [6.07, 6.45) is 0.542. The summed E-state index contributed by atoms with van der Waals surface area (Å²) in [7, 11) is 0. The van der Waals surface area contributed by atoms with E-state index in [0.717, 1.165) is 11.1 Å². The molecule has 0 aliphatic carbocycles. The number of carboxylic acid groups (broad SMARTS) is 1. The number of carbonyl (C=O) groups is 1. The summed E-state index contributed by atoms with van der Waals surface area (Å²) in [5.41, 5.74) is 1.66. The number of hydrogen-bond donors (Lipinski definition) is 2. The Hall–Kier alpha value is -1.95. The van der Waals surface area contributed by atoms with Crippen molar-refractivity contribution in [2.75, 3.05) is 6.61 Å². The molecule has 0 bridgehead atoms. The summed E-state index contributed by atoms with van der Waals surface area (Å²) in [5, 5.41) is 13.5. The van der Waals surface area contributed by atoms with Crippen LogP contribution in [-0.2, 0) is 17.9 Å². The Labute approximate surface area is 181 Å². The Morgan fingerprint density at radius 2 is 1.86 bits per heavy atom. The van der Waals surface area contributed by atoms with Crippen LogP contribution < -0.4 is 14.8 Å². The molecule has 0 fully saturated rings. The first-order chi connectivity index (χ1) is 13.8. The summed E-state index contributed by atoms with van der Waals surface area (Å²) in [6, 6.07) is 10.4. The molecular weight excluding hydrogens is 413 g/mol. The molecule has 0 spiro atoms. The lowest BCUT2D eigenvalue weighted by Gasteiger charge is -2.18. The predicted octanol–water partition coefficient (Wildman–Crippen LogP) is 5.56. The zero-order chi connectivity index (χ0) is 21.4. The van der Waals surface area contributed by atoms with Crippen molar-refractivity contribution in [2.24, 2.45) is 5.92 Å². The van der Waals surface area contributed by atoms with Crippen LogP contribution in [0, 0.1) is 5.92 Å². The van der Waals surface area contributed by atoms with Crippen LogP contribution in [-0.4, -0.2) is 23.7 Å². The summed E-state index contributed by atoms with van der Waals surface area (Å²) in [6.45, 7) is 6.92. The van der Waals surface area contributed by atoms with E-state index in [0.29, 0.717) is 41.1 Å². The second-order valence-corrected chi connectivity index (χ2v) is 7.93. The fourth-order valence-electron chi connectivity index (χ4n) is 2.88. The molecule has 0 aliphatic rings. The van der Waals surface area contributed by atoms with Crippen LogP contribution in [0.4, 0.5) is 0 Å². The maximum absolute atomic E-state index is 11.5. The number of ether oxygens (including phenoxy) is 2. The number of rotatable bonds is 11. The highest BCUT2D eigenvalue weighted by atomic mass is 35.5. The summed E-state index contributed by atoms with van der Waals surface area (Å²) >= 11 is 12.6. The van der Waals surface area contributed by atoms with Gasteiger partial charge in [0.05, 0.1) is 11.6 Å². The Morgan fingerprint density at radius 3 is 2.48 bits per heavy atom. The highest BCUT2D eigenvalue weighted by Crippen LogP contribution is 2.37. The van der Waals surface area contributed by atoms with Gasteiger partial charge in [-0.3, -0.25) is 4.79 Å². The quantitative estimate of drug-likeness (QED) is 0.479. The van der Waals surface area contributed by atoms with Crippen LogP contribution in [0.1, 0.15) is 38.3 Å². The van der Waals surface area contributed by atoms with Gasteiger partial charge in [-0.15, -0.1) is 0 Å². The molecule has 1 atom stereocenters. The Morgan fingerprint density at radius 1 is 1.14 bits per heavy atom. The van der Waals surface area contributed by atoms with E-state index in [1.165, 1.54) is 0 Å². The molecule has 29 heavy (non-hydrogen) atoms. The lowest BCUT2D eigenvalue weighted by atomic mass is 10.0. The number of benzene rings is 2. The van der Waals surface area contributed by atoms with Gasteiger partial charge in [-0.05, 0) is 43.0 Å². The molecule has 2 N–H and O–H groups in total. The zero-order valence-corrected chi connectivity index (χ0v) is 18.4. The van der Waals surface area contributed by atoms with E-state index < -0.39 is 12.0 Å².